The molecule has 1 aromatic carbocycles. The predicted octanol–water partition coefficient (Wildman–Crippen LogP) is 3.07. The van der Waals surface area contributed by atoms with Crippen molar-refractivity contribution in [3.05, 3.63) is 29.5 Å². The molecule has 0 radical (unpaired) electrons. The highest BCUT2D eigenvalue weighted by Crippen LogP contribution is 2.39. The summed E-state index contributed by atoms with van der Waals surface area (Å²) < 4.78 is 5.27. The lowest BCUT2D eigenvalue weighted by molar-refractivity contribution is -0.137. The number of benzene rings is 1. The second kappa shape index (κ2) is 4.61. The van der Waals surface area contributed by atoms with Crippen LogP contribution in [0, 0.1) is 0 Å². The van der Waals surface area contributed by atoms with Crippen molar-refractivity contribution in [1.82, 2.24) is 4.98 Å². The Balaban J connectivity index is 2.14. The van der Waals surface area contributed by atoms with Crippen molar-refractivity contribution in [3.8, 4) is 5.75 Å². The highest BCUT2D eigenvalue weighted by atomic mass is 16.5. The maximum atomic E-state index is 11.0. The van der Waals surface area contributed by atoms with Crippen LogP contribution in [0.3, 0.4) is 0 Å². The van der Waals surface area contributed by atoms with E-state index in [0.717, 1.165) is 35.9 Å². The Bertz CT molecular complexity index is 630. The van der Waals surface area contributed by atoms with Crippen molar-refractivity contribution in [2.24, 2.45) is 0 Å². The highest BCUT2D eigenvalue weighted by molar-refractivity contribution is 5.87. The molecule has 0 spiro atoms. The van der Waals surface area contributed by atoms with Gasteiger partial charge in [-0.25, -0.2) is 0 Å². The SMILES string of the molecule is COc1ccc2[nH]c3c(c2c1)C(CC(=O)O)CCC3. The molecule has 1 unspecified atom stereocenters. The molecule has 1 aliphatic carbocycles. The van der Waals surface area contributed by atoms with Crippen molar-refractivity contribution < 1.29 is 14.6 Å². The van der Waals surface area contributed by atoms with Crippen LogP contribution >= 0.6 is 0 Å². The third-order valence-corrected chi connectivity index (χ3v) is 3.94. The number of nitrogens with one attached hydrogen (secondary N) is 1. The third kappa shape index (κ3) is 2.07. The van der Waals surface area contributed by atoms with E-state index in [1.165, 1.54) is 11.3 Å². The molecule has 0 aliphatic heterocycles. The largest absolute Gasteiger partial charge is 0.497 e. The molecule has 0 fully saturated rings. The summed E-state index contributed by atoms with van der Waals surface area (Å²) in [6, 6.07) is 5.94. The van der Waals surface area contributed by atoms with Gasteiger partial charge in [-0.1, -0.05) is 0 Å². The van der Waals surface area contributed by atoms with Crippen LogP contribution in [0.2, 0.25) is 0 Å². The molecule has 1 heterocycles. The van der Waals surface area contributed by atoms with Crippen LogP contribution in [0.5, 0.6) is 5.75 Å². The fourth-order valence-corrected chi connectivity index (χ4v) is 3.12. The third-order valence-electron chi connectivity index (χ3n) is 3.94. The molecule has 0 amide bonds. The number of methoxy groups -OCH3 is 1. The zero-order valence-corrected chi connectivity index (χ0v) is 10.9. The van der Waals surface area contributed by atoms with Crippen molar-refractivity contribution in [1.29, 1.82) is 0 Å². The van der Waals surface area contributed by atoms with Gasteiger partial charge in [-0.15, -0.1) is 0 Å². The van der Waals surface area contributed by atoms with Crippen molar-refractivity contribution >= 4 is 16.9 Å². The van der Waals surface area contributed by atoms with Gasteiger partial charge in [0.15, 0.2) is 0 Å². The van der Waals surface area contributed by atoms with E-state index in [2.05, 4.69) is 4.98 Å². The van der Waals surface area contributed by atoms with E-state index in [0.29, 0.717) is 0 Å². The predicted molar refractivity (Wildman–Crippen MR) is 72.8 cm³/mol. The van der Waals surface area contributed by atoms with Gasteiger partial charge in [0, 0.05) is 16.6 Å². The van der Waals surface area contributed by atoms with Gasteiger partial charge in [-0.2, -0.15) is 0 Å². The summed E-state index contributed by atoms with van der Waals surface area (Å²) in [5.41, 5.74) is 3.45. The van der Waals surface area contributed by atoms with Gasteiger partial charge in [-0.3, -0.25) is 4.79 Å². The molecule has 4 nitrogen and oxygen atoms in total. The molecule has 0 saturated carbocycles. The number of aliphatic carboxylic acids is 1. The maximum Gasteiger partial charge on any atom is 0.303 e. The second-order valence-corrected chi connectivity index (χ2v) is 5.12. The summed E-state index contributed by atoms with van der Waals surface area (Å²) >= 11 is 0. The minimum absolute atomic E-state index is 0.113. The lowest BCUT2D eigenvalue weighted by Crippen LogP contribution is -2.12. The number of carbonyl (C=O) groups is 1. The lowest BCUT2D eigenvalue weighted by Gasteiger charge is -2.21. The Hall–Kier alpha value is -1.97. The standard InChI is InChI=1S/C15H17NO3/c1-19-10-5-6-12-11(8-10)15-9(7-14(17)18)3-2-4-13(15)16-12/h5-6,8-9,16H,2-4,7H2,1H3,(H,17,18). The minimum atomic E-state index is -0.727. The van der Waals surface area contributed by atoms with Crippen LogP contribution in [-0.4, -0.2) is 23.2 Å². The molecule has 3 rings (SSSR count). The van der Waals surface area contributed by atoms with Crippen LogP contribution in [0.1, 0.15) is 36.4 Å². The molecule has 0 bridgehead atoms. The average molecular weight is 259 g/mol. The fraction of sp³-hybridized carbons (Fsp3) is 0.400. The number of aryl methyl sites for hydroxylation is 1. The van der Waals surface area contributed by atoms with E-state index >= 15 is 0 Å². The molecule has 1 atom stereocenters. The number of H-pyrrole nitrogens is 1. The first-order valence-corrected chi connectivity index (χ1v) is 6.59. The molecular weight excluding hydrogens is 242 g/mol. The monoisotopic (exact) mass is 259 g/mol. The number of ether oxygens (including phenoxy) is 1. The van der Waals surface area contributed by atoms with Gasteiger partial charge in [0.05, 0.1) is 13.5 Å². The summed E-state index contributed by atoms with van der Waals surface area (Å²) in [5.74, 6) is 0.200. The first-order valence-electron chi connectivity index (χ1n) is 6.59. The number of hydrogen-bond donors (Lipinski definition) is 2. The molecule has 1 aromatic heterocycles. The van der Waals surface area contributed by atoms with Gasteiger partial charge in [0.2, 0.25) is 0 Å². The van der Waals surface area contributed by atoms with Crippen molar-refractivity contribution in [2.75, 3.05) is 7.11 Å². The van der Waals surface area contributed by atoms with Crippen LogP contribution < -0.4 is 4.74 Å². The number of carboxylic acid groups (broad SMARTS) is 1. The molecule has 4 heteroatoms. The Morgan fingerprint density at radius 2 is 2.37 bits per heavy atom. The number of rotatable bonds is 3. The summed E-state index contributed by atoms with van der Waals surface area (Å²) in [7, 11) is 1.65. The van der Waals surface area contributed by atoms with Gasteiger partial charge < -0.3 is 14.8 Å². The van der Waals surface area contributed by atoms with Gasteiger partial charge in [0.25, 0.3) is 0 Å². The summed E-state index contributed by atoms with van der Waals surface area (Å²) in [6.45, 7) is 0. The summed E-state index contributed by atoms with van der Waals surface area (Å²) in [5, 5.41) is 10.2. The number of aromatic amines is 1. The number of hydrogen-bond acceptors (Lipinski definition) is 2. The quantitative estimate of drug-likeness (QED) is 0.890. The molecular formula is C15H17NO3. The van der Waals surface area contributed by atoms with Gasteiger partial charge >= 0.3 is 5.97 Å². The minimum Gasteiger partial charge on any atom is -0.497 e. The topological polar surface area (TPSA) is 62.3 Å². The summed E-state index contributed by atoms with van der Waals surface area (Å²) in [4.78, 5) is 14.4. The molecule has 1 aliphatic rings. The number of carboxylic acids is 1. The molecule has 100 valence electrons. The second-order valence-electron chi connectivity index (χ2n) is 5.12. The van der Waals surface area contributed by atoms with Crippen LogP contribution in [0.25, 0.3) is 10.9 Å². The van der Waals surface area contributed by atoms with E-state index < -0.39 is 5.97 Å². The fourth-order valence-electron chi connectivity index (χ4n) is 3.12. The smallest absolute Gasteiger partial charge is 0.303 e. The van der Waals surface area contributed by atoms with E-state index in [4.69, 9.17) is 9.84 Å². The van der Waals surface area contributed by atoms with E-state index in [-0.39, 0.29) is 12.3 Å². The van der Waals surface area contributed by atoms with Gasteiger partial charge in [-0.05, 0) is 48.9 Å². The van der Waals surface area contributed by atoms with Crippen LogP contribution in [-0.2, 0) is 11.2 Å². The maximum absolute atomic E-state index is 11.0. The normalized spacial score (nSPS) is 18.3. The van der Waals surface area contributed by atoms with E-state index in [9.17, 15) is 4.79 Å². The first kappa shape index (κ1) is 12.1. The Morgan fingerprint density at radius 3 is 3.11 bits per heavy atom. The molecule has 2 N–H and O–H groups in total. The molecule has 2 aromatic rings. The average Bonchev–Trinajstić information content (AvgIpc) is 2.76. The Kier molecular flexibility index (Phi) is 2.93. The molecule has 19 heavy (non-hydrogen) atoms. The van der Waals surface area contributed by atoms with Crippen LogP contribution in [0.15, 0.2) is 18.2 Å². The highest BCUT2D eigenvalue weighted by Gasteiger charge is 2.26. The number of fused-ring (bicyclic) bond motifs is 3. The molecule has 0 saturated heterocycles. The first-order chi connectivity index (χ1) is 9.19. The zero-order chi connectivity index (χ0) is 13.4. The van der Waals surface area contributed by atoms with Crippen molar-refractivity contribution in [2.45, 2.75) is 31.6 Å². The van der Waals surface area contributed by atoms with Crippen molar-refractivity contribution in [3.63, 3.8) is 0 Å². The number of aromatic nitrogens is 1. The van der Waals surface area contributed by atoms with E-state index in [1.807, 2.05) is 18.2 Å². The Labute approximate surface area is 111 Å². The van der Waals surface area contributed by atoms with Gasteiger partial charge in [0.1, 0.15) is 5.75 Å². The Morgan fingerprint density at radius 1 is 1.53 bits per heavy atom. The van der Waals surface area contributed by atoms with Crippen LogP contribution in [0.4, 0.5) is 0 Å². The van der Waals surface area contributed by atoms with E-state index in [1.54, 1.807) is 7.11 Å². The lowest BCUT2D eigenvalue weighted by atomic mass is 9.83. The summed E-state index contributed by atoms with van der Waals surface area (Å²) in [6.07, 6.45) is 3.21. The zero-order valence-electron chi connectivity index (χ0n) is 10.9.